The van der Waals surface area contributed by atoms with E-state index in [1.807, 2.05) is 6.07 Å². The molecule has 4 heteroatoms. The zero-order chi connectivity index (χ0) is 12.6. The molecule has 1 aliphatic heterocycles. The molecule has 0 radical (unpaired) electrons. The first-order valence-electron chi connectivity index (χ1n) is 6.48. The highest BCUT2D eigenvalue weighted by molar-refractivity contribution is 5.43. The molecule has 2 rings (SSSR count). The maximum atomic E-state index is 5.56. The fourth-order valence-electron chi connectivity index (χ4n) is 1.94. The van der Waals surface area contributed by atoms with Crippen LogP contribution >= 0.6 is 0 Å². The number of nitrogens with one attached hydrogen (secondary N) is 1. The van der Waals surface area contributed by atoms with Gasteiger partial charge in [-0.2, -0.15) is 0 Å². The maximum absolute atomic E-state index is 5.56. The lowest BCUT2D eigenvalue weighted by atomic mass is 10.1. The minimum Gasteiger partial charge on any atom is -0.486 e. The third-order valence-corrected chi connectivity index (χ3v) is 2.90. The molecule has 0 unspecified atom stereocenters. The molecule has 1 aromatic rings. The molecule has 0 atom stereocenters. The van der Waals surface area contributed by atoms with Crippen molar-refractivity contribution in [1.82, 2.24) is 5.32 Å². The minimum atomic E-state index is 0.645. The normalized spacial score (nSPS) is 13.6. The van der Waals surface area contributed by atoms with Crippen LogP contribution < -0.4 is 14.8 Å². The van der Waals surface area contributed by atoms with Gasteiger partial charge in [0.25, 0.3) is 0 Å². The molecule has 0 fully saturated rings. The van der Waals surface area contributed by atoms with Crippen molar-refractivity contribution in [2.75, 3.05) is 40.0 Å². The van der Waals surface area contributed by atoms with Crippen LogP contribution in [0.25, 0.3) is 0 Å². The second-order valence-corrected chi connectivity index (χ2v) is 4.32. The van der Waals surface area contributed by atoms with E-state index >= 15 is 0 Å². The molecule has 0 amide bonds. The van der Waals surface area contributed by atoms with Crippen molar-refractivity contribution in [3.63, 3.8) is 0 Å². The summed E-state index contributed by atoms with van der Waals surface area (Å²) in [5.74, 6) is 1.73. The standard InChI is InChI=1S/C14H21NO3/c1-16-8-2-6-15-7-5-12-3-4-13-14(11-12)18-10-9-17-13/h3-4,11,15H,2,5-10H2,1H3. The van der Waals surface area contributed by atoms with E-state index < -0.39 is 0 Å². The molecular weight excluding hydrogens is 230 g/mol. The number of benzene rings is 1. The van der Waals surface area contributed by atoms with Crippen LogP contribution in [-0.2, 0) is 11.2 Å². The van der Waals surface area contributed by atoms with Gasteiger partial charge in [0.05, 0.1) is 0 Å². The third-order valence-electron chi connectivity index (χ3n) is 2.90. The summed E-state index contributed by atoms with van der Waals surface area (Å²) in [6.45, 7) is 4.08. The summed E-state index contributed by atoms with van der Waals surface area (Å²) >= 11 is 0. The largest absolute Gasteiger partial charge is 0.486 e. The van der Waals surface area contributed by atoms with Gasteiger partial charge in [-0.3, -0.25) is 0 Å². The lowest BCUT2D eigenvalue weighted by molar-refractivity contribution is 0.171. The van der Waals surface area contributed by atoms with Gasteiger partial charge in [-0.15, -0.1) is 0 Å². The Bertz CT molecular complexity index is 368. The van der Waals surface area contributed by atoms with Crippen LogP contribution in [-0.4, -0.2) is 40.0 Å². The second kappa shape index (κ2) is 7.24. The minimum absolute atomic E-state index is 0.645. The van der Waals surface area contributed by atoms with Crippen LogP contribution in [0.1, 0.15) is 12.0 Å². The Morgan fingerprint density at radius 3 is 2.83 bits per heavy atom. The smallest absolute Gasteiger partial charge is 0.161 e. The summed E-state index contributed by atoms with van der Waals surface area (Å²) in [4.78, 5) is 0. The first kappa shape index (κ1) is 13.2. The van der Waals surface area contributed by atoms with E-state index in [1.54, 1.807) is 7.11 Å². The molecule has 1 N–H and O–H groups in total. The Labute approximate surface area is 108 Å². The Morgan fingerprint density at radius 1 is 1.17 bits per heavy atom. The summed E-state index contributed by atoms with van der Waals surface area (Å²) in [6, 6.07) is 6.17. The fourth-order valence-corrected chi connectivity index (χ4v) is 1.94. The van der Waals surface area contributed by atoms with Crippen molar-refractivity contribution in [3.05, 3.63) is 23.8 Å². The van der Waals surface area contributed by atoms with E-state index in [0.29, 0.717) is 13.2 Å². The molecule has 1 aromatic carbocycles. The van der Waals surface area contributed by atoms with E-state index in [9.17, 15) is 0 Å². The van der Waals surface area contributed by atoms with E-state index in [0.717, 1.165) is 44.0 Å². The average Bonchev–Trinajstić information content (AvgIpc) is 2.42. The SMILES string of the molecule is COCCCNCCc1ccc2c(c1)OCCO2. The quantitative estimate of drug-likeness (QED) is 0.748. The predicted molar refractivity (Wildman–Crippen MR) is 70.5 cm³/mol. The van der Waals surface area contributed by atoms with Crippen molar-refractivity contribution in [2.45, 2.75) is 12.8 Å². The van der Waals surface area contributed by atoms with Crippen molar-refractivity contribution in [3.8, 4) is 11.5 Å². The molecule has 0 bridgehead atoms. The molecule has 0 aliphatic carbocycles. The summed E-state index contributed by atoms with van der Waals surface area (Å²) < 4.78 is 16.1. The lowest BCUT2D eigenvalue weighted by Crippen LogP contribution is -2.20. The van der Waals surface area contributed by atoms with Crippen LogP contribution in [0, 0.1) is 0 Å². The van der Waals surface area contributed by atoms with Crippen molar-refractivity contribution in [1.29, 1.82) is 0 Å². The van der Waals surface area contributed by atoms with Gasteiger partial charge >= 0.3 is 0 Å². The summed E-state index contributed by atoms with van der Waals surface area (Å²) in [6.07, 6.45) is 2.06. The van der Waals surface area contributed by atoms with Gasteiger partial charge in [0.2, 0.25) is 0 Å². The fraction of sp³-hybridized carbons (Fsp3) is 0.571. The van der Waals surface area contributed by atoms with Gasteiger partial charge in [0.15, 0.2) is 11.5 Å². The van der Waals surface area contributed by atoms with Crippen LogP contribution in [0.15, 0.2) is 18.2 Å². The molecule has 100 valence electrons. The summed E-state index contributed by atoms with van der Waals surface area (Å²) in [5.41, 5.74) is 1.28. The molecule has 0 aromatic heterocycles. The lowest BCUT2D eigenvalue weighted by Gasteiger charge is -2.18. The molecule has 1 aliphatic rings. The molecule has 18 heavy (non-hydrogen) atoms. The molecule has 0 saturated heterocycles. The highest BCUT2D eigenvalue weighted by Crippen LogP contribution is 2.30. The highest BCUT2D eigenvalue weighted by Gasteiger charge is 2.11. The third kappa shape index (κ3) is 3.89. The Balaban J connectivity index is 1.72. The Morgan fingerprint density at radius 2 is 2.00 bits per heavy atom. The zero-order valence-electron chi connectivity index (χ0n) is 10.9. The van der Waals surface area contributed by atoms with Crippen LogP contribution in [0.3, 0.4) is 0 Å². The van der Waals surface area contributed by atoms with Gasteiger partial charge in [-0.1, -0.05) is 6.07 Å². The molecular formula is C14H21NO3. The van der Waals surface area contributed by atoms with Crippen molar-refractivity contribution >= 4 is 0 Å². The van der Waals surface area contributed by atoms with E-state index in [-0.39, 0.29) is 0 Å². The van der Waals surface area contributed by atoms with Gasteiger partial charge < -0.3 is 19.5 Å². The first-order chi connectivity index (χ1) is 8.90. The van der Waals surface area contributed by atoms with Gasteiger partial charge in [-0.05, 0) is 43.6 Å². The summed E-state index contributed by atoms with van der Waals surface area (Å²) in [5, 5.41) is 3.40. The Kier molecular flexibility index (Phi) is 5.30. The van der Waals surface area contributed by atoms with Gasteiger partial charge in [0, 0.05) is 13.7 Å². The zero-order valence-corrected chi connectivity index (χ0v) is 10.9. The predicted octanol–water partition coefficient (Wildman–Crippen LogP) is 1.63. The second-order valence-electron chi connectivity index (χ2n) is 4.32. The number of ether oxygens (including phenoxy) is 3. The number of fused-ring (bicyclic) bond motifs is 1. The molecule has 0 saturated carbocycles. The number of rotatable bonds is 7. The number of hydrogen-bond donors (Lipinski definition) is 1. The number of hydrogen-bond acceptors (Lipinski definition) is 4. The van der Waals surface area contributed by atoms with E-state index in [4.69, 9.17) is 14.2 Å². The van der Waals surface area contributed by atoms with Crippen LogP contribution in [0.2, 0.25) is 0 Å². The number of methoxy groups -OCH3 is 1. The van der Waals surface area contributed by atoms with Crippen LogP contribution in [0.5, 0.6) is 11.5 Å². The molecule has 4 nitrogen and oxygen atoms in total. The topological polar surface area (TPSA) is 39.7 Å². The van der Waals surface area contributed by atoms with Crippen molar-refractivity contribution < 1.29 is 14.2 Å². The van der Waals surface area contributed by atoms with E-state index in [1.165, 1.54) is 5.56 Å². The Hall–Kier alpha value is -1.26. The maximum Gasteiger partial charge on any atom is 0.161 e. The first-order valence-corrected chi connectivity index (χ1v) is 6.48. The monoisotopic (exact) mass is 251 g/mol. The van der Waals surface area contributed by atoms with Crippen molar-refractivity contribution in [2.24, 2.45) is 0 Å². The van der Waals surface area contributed by atoms with Crippen LogP contribution in [0.4, 0.5) is 0 Å². The highest BCUT2D eigenvalue weighted by atomic mass is 16.6. The average molecular weight is 251 g/mol. The van der Waals surface area contributed by atoms with E-state index in [2.05, 4.69) is 17.4 Å². The molecule has 0 spiro atoms. The van der Waals surface area contributed by atoms with Gasteiger partial charge in [-0.25, -0.2) is 0 Å². The summed E-state index contributed by atoms with van der Waals surface area (Å²) in [7, 11) is 1.73. The van der Waals surface area contributed by atoms with Gasteiger partial charge in [0.1, 0.15) is 13.2 Å². The molecule has 1 heterocycles.